The standard InChI is InChI=1S/C43H26N2O2/c1-2-6-27(7-3-1)28-12-16-31(17-13-28)45(33-19-21-35-34-8-4-5-9-39(34)46-41(35)25-33)32-18-14-29-10-11-30-15-20-36-38-26-44-23-22-40(38)47-43(36)42(30)37(29)24-32/h1-26H. The number of hydrogen-bond donors (Lipinski definition) is 0. The number of aromatic nitrogens is 1. The van der Waals surface area contributed by atoms with E-state index in [0.29, 0.717) is 0 Å². The highest BCUT2D eigenvalue weighted by Crippen LogP contribution is 2.42. The lowest BCUT2D eigenvalue weighted by molar-refractivity contribution is 0.669. The molecule has 0 aliphatic heterocycles. The fourth-order valence-corrected chi connectivity index (χ4v) is 7.07. The lowest BCUT2D eigenvalue weighted by atomic mass is 9.98. The Labute approximate surface area is 269 Å². The maximum absolute atomic E-state index is 6.51. The average Bonchev–Trinajstić information content (AvgIpc) is 3.70. The minimum absolute atomic E-state index is 0.843. The van der Waals surface area contributed by atoms with Crippen molar-refractivity contribution in [2.24, 2.45) is 0 Å². The summed E-state index contributed by atoms with van der Waals surface area (Å²) in [7, 11) is 0. The molecule has 0 N–H and O–H groups in total. The van der Waals surface area contributed by atoms with Gasteiger partial charge in [0.15, 0.2) is 0 Å². The number of benzene rings is 7. The van der Waals surface area contributed by atoms with Crippen molar-refractivity contribution in [1.29, 1.82) is 0 Å². The van der Waals surface area contributed by atoms with Gasteiger partial charge in [0.25, 0.3) is 0 Å². The molecule has 0 bridgehead atoms. The van der Waals surface area contributed by atoms with Crippen molar-refractivity contribution in [1.82, 2.24) is 4.98 Å². The van der Waals surface area contributed by atoms with Gasteiger partial charge in [0.1, 0.15) is 22.3 Å². The van der Waals surface area contributed by atoms with Crippen LogP contribution in [0.1, 0.15) is 0 Å². The number of pyridine rings is 1. The normalized spacial score (nSPS) is 11.8. The number of nitrogens with zero attached hydrogens (tertiary/aromatic N) is 2. The molecule has 0 aliphatic rings. The number of fused-ring (bicyclic) bond motifs is 10. The molecule has 0 aliphatic carbocycles. The maximum atomic E-state index is 6.51. The Morgan fingerprint density at radius 1 is 0.426 bits per heavy atom. The first kappa shape index (κ1) is 25.9. The highest BCUT2D eigenvalue weighted by molar-refractivity contribution is 6.23. The molecule has 10 aromatic rings. The van der Waals surface area contributed by atoms with Gasteiger partial charge in [-0.25, -0.2) is 0 Å². The fourth-order valence-electron chi connectivity index (χ4n) is 7.07. The van der Waals surface area contributed by atoms with Gasteiger partial charge in [-0.05, 0) is 81.9 Å². The number of para-hydroxylation sites is 1. The molecule has 0 saturated carbocycles. The van der Waals surface area contributed by atoms with Crippen LogP contribution in [0.3, 0.4) is 0 Å². The third-order valence-corrected chi connectivity index (χ3v) is 9.33. The summed E-state index contributed by atoms with van der Waals surface area (Å²) in [6.45, 7) is 0. The molecule has 3 aromatic heterocycles. The number of furan rings is 2. The van der Waals surface area contributed by atoms with Gasteiger partial charge in [0.2, 0.25) is 0 Å². The Morgan fingerprint density at radius 2 is 1.09 bits per heavy atom. The van der Waals surface area contributed by atoms with Crippen molar-refractivity contribution in [3.8, 4) is 11.1 Å². The van der Waals surface area contributed by atoms with Gasteiger partial charge in [-0.2, -0.15) is 0 Å². The van der Waals surface area contributed by atoms with E-state index in [1.807, 2.05) is 30.5 Å². The van der Waals surface area contributed by atoms with E-state index in [1.165, 1.54) is 11.1 Å². The second-order valence-electron chi connectivity index (χ2n) is 12.0. The van der Waals surface area contributed by atoms with Gasteiger partial charge in [-0.15, -0.1) is 0 Å². The average molecular weight is 603 g/mol. The van der Waals surface area contributed by atoms with Crippen molar-refractivity contribution in [3.63, 3.8) is 0 Å². The van der Waals surface area contributed by atoms with Crippen LogP contribution in [0.4, 0.5) is 17.1 Å². The maximum Gasteiger partial charge on any atom is 0.143 e. The van der Waals surface area contributed by atoms with E-state index in [2.05, 4.69) is 131 Å². The Balaban J connectivity index is 1.21. The van der Waals surface area contributed by atoms with Crippen molar-refractivity contribution in [3.05, 3.63) is 158 Å². The Morgan fingerprint density at radius 3 is 2.00 bits per heavy atom. The van der Waals surface area contributed by atoms with E-state index in [9.17, 15) is 0 Å². The first-order valence-corrected chi connectivity index (χ1v) is 15.8. The predicted molar refractivity (Wildman–Crippen MR) is 194 cm³/mol. The van der Waals surface area contributed by atoms with Gasteiger partial charge in [-0.1, -0.05) is 84.9 Å². The molecule has 47 heavy (non-hydrogen) atoms. The summed E-state index contributed by atoms with van der Waals surface area (Å²) in [6, 6.07) is 51.3. The fraction of sp³-hybridized carbons (Fsp3) is 0. The number of anilines is 3. The molecule has 0 saturated heterocycles. The summed E-state index contributed by atoms with van der Waals surface area (Å²) in [4.78, 5) is 6.68. The van der Waals surface area contributed by atoms with Crippen LogP contribution in [-0.4, -0.2) is 4.98 Å². The Hall–Kier alpha value is -6.39. The topological polar surface area (TPSA) is 42.4 Å². The van der Waals surface area contributed by atoms with Crippen molar-refractivity contribution >= 4 is 82.5 Å². The van der Waals surface area contributed by atoms with E-state index in [-0.39, 0.29) is 0 Å². The summed E-state index contributed by atoms with van der Waals surface area (Å²) in [6.07, 6.45) is 3.67. The van der Waals surface area contributed by atoms with E-state index in [1.54, 1.807) is 6.20 Å². The minimum atomic E-state index is 0.843. The lowest BCUT2D eigenvalue weighted by Crippen LogP contribution is -2.09. The Bertz CT molecular complexity index is 2790. The molecule has 0 spiro atoms. The van der Waals surface area contributed by atoms with Crippen molar-refractivity contribution in [2.45, 2.75) is 0 Å². The predicted octanol–water partition coefficient (Wildman–Crippen LogP) is 12.3. The Kier molecular flexibility index (Phi) is 5.54. The summed E-state index contributed by atoms with van der Waals surface area (Å²) < 4.78 is 12.9. The monoisotopic (exact) mass is 602 g/mol. The summed E-state index contributed by atoms with van der Waals surface area (Å²) in [5, 5.41) is 8.85. The molecule has 4 heteroatoms. The van der Waals surface area contributed by atoms with Gasteiger partial charge >= 0.3 is 0 Å². The zero-order valence-corrected chi connectivity index (χ0v) is 25.2. The zero-order valence-electron chi connectivity index (χ0n) is 25.2. The van der Waals surface area contributed by atoms with E-state index >= 15 is 0 Å². The smallest absolute Gasteiger partial charge is 0.143 e. The molecular weight excluding hydrogens is 576 g/mol. The molecule has 3 heterocycles. The summed E-state index contributed by atoms with van der Waals surface area (Å²) in [5.41, 5.74) is 8.96. The second-order valence-corrected chi connectivity index (χ2v) is 12.0. The molecule has 0 unspecified atom stereocenters. The van der Waals surface area contributed by atoms with Crippen LogP contribution in [-0.2, 0) is 0 Å². The van der Waals surface area contributed by atoms with Gasteiger partial charge in [0, 0.05) is 62.5 Å². The highest BCUT2D eigenvalue weighted by atomic mass is 16.3. The molecule has 0 amide bonds. The number of rotatable bonds is 4. The van der Waals surface area contributed by atoms with Gasteiger partial charge < -0.3 is 13.7 Å². The van der Waals surface area contributed by atoms with Gasteiger partial charge in [-0.3, -0.25) is 4.98 Å². The molecular formula is C43H26N2O2. The minimum Gasteiger partial charge on any atom is -0.456 e. The molecule has 0 fully saturated rings. The largest absolute Gasteiger partial charge is 0.456 e. The van der Waals surface area contributed by atoms with E-state index < -0.39 is 0 Å². The lowest BCUT2D eigenvalue weighted by Gasteiger charge is -2.26. The zero-order chi connectivity index (χ0) is 30.9. The number of hydrogen-bond acceptors (Lipinski definition) is 4. The van der Waals surface area contributed by atoms with Crippen LogP contribution in [0.5, 0.6) is 0 Å². The third-order valence-electron chi connectivity index (χ3n) is 9.33. The quantitative estimate of drug-likeness (QED) is 0.188. The van der Waals surface area contributed by atoms with Crippen LogP contribution in [0, 0.1) is 0 Å². The van der Waals surface area contributed by atoms with Gasteiger partial charge in [0.05, 0.1) is 0 Å². The molecule has 10 rings (SSSR count). The van der Waals surface area contributed by atoms with Crippen molar-refractivity contribution < 1.29 is 8.83 Å². The first-order valence-electron chi connectivity index (χ1n) is 15.8. The van der Waals surface area contributed by atoms with E-state index in [0.717, 1.165) is 82.5 Å². The highest BCUT2D eigenvalue weighted by Gasteiger charge is 2.18. The molecule has 7 aromatic carbocycles. The van der Waals surface area contributed by atoms with Crippen LogP contribution < -0.4 is 4.90 Å². The van der Waals surface area contributed by atoms with Crippen LogP contribution in [0.15, 0.2) is 167 Å². The summed E-state index contributed by atoms with van der Waals surface area (Å²) >= 11 is 0. The van der Waals surface area contributed by atoms with Crippen LogP contribution in [0.2, 0.25) is 0 Å². The molecule has 220 valence electrons. The second kappa shape index (κ2) is 10.1. The molecule has 0 radical (unpaired) electrons. The first-order chi connectivity index (χ1) is 23.3. The van der Waals surface area contributed by atoms with Crippen molar-refractivity contribution in [2.75, 3.05) is 4.90 Å². The third kappa shape index (κ3) is 4.05. The molecule has 0 atom stereocenters. The van der Waals surface area contributed by atoms with Crippen LogP contribution >= 0.6 is 0 Å². The van der Waals surface area contributed by atoms with E-state index in [4.69, 9.17) is 8.83 Å². The SMILES string of the molecule is c1ccc(-c2ccc(N(c3ccc4c(c3)oc3ccccc34)c3ccc4ccc5ccc6c7cnccc7oc6c5c4c3)cc2)cc1. The molecule has 4 nitrogen and oxygen atoms in total. The van der Waals surface area contributed by atoms with Crippen LogP contribution in [0.25, 0.3) is 76.5 Å². The summed E-state index contributed by atoms with van der Waals surface area (Å²) in [5.74, 6) is 0.